The number of sulfone groups is 2. The summed E-state index contributed by atoms with van der Waals surface area (Å²) >= 11 is 22.2. The summed E-state index contributed by atoms with van der Waals surface area (Å²) in [4.78, 5) is 31.5. The van der Waals surface area contributed by atoms with E-state index in [0.29, 0.717) is 0 Å². The number of phosphoric ester groups is 1. The Labute approximate surface area is 278 Å². The highest BCUT2D eigenvalue weighted by Gasteiger charge is 2.40. The third kappa shape index (κ3) is 11.9. The predicted molar refractivity (Wildman–Crippen MR) is 163 cm³/mol. The fourth-order valence-corrected chi connectivity index (χ4v) is 6.41. The Bertz CT molecular complexity index is 1490. The number of rotatable bonds is 16. The molecule has 0 aliphatic rings. The van der Waals surface area contributed by atoms with E-state index in [1.54, 1.807) is 0 Å². The van der Waals surface area contributed by atoms with Crippen molar-refractivity contribution in [3.8, 4) is 0 Å². The highest BCUT2D eigenvalue weighted by atomic mass is 35.5. The Morgan fingerprint density at radius 3 is 1.24 bits per heavy atom. The van der Waals surface area contributed by atoms with Gasteiger partial charge in [0.2, 0.25) is 0 Å². The minimum Gasteiger partial charge on any atom is -0.345 e. The second-order valence-corrected chi connectivity index (χ2v) is 16.9. The standard InChI is InChI=1S/C24H27Cl4F2N2O10PS2/c1-44(37,38)15-7-3-13(4-8-15)19(17(11-29)31-23(33)21(25)26)41-43(35,36)42-20(18(12-30)32-24(34)22(27)28)14-5-9-16(10-6-14)45(2,39)40/h3-10,17-22H,11-12H2,1-2H3,(H,31,33)(H,32,34)(H,35,36)/t17-,18+,19-,20+. The van der Waals surface area contributed by atoms with Crippen LogP contribution in [0.25, 0.3) is 0 Å². The molecule has 0 fully saturated rings. The lowest BCUT2D eigenvalue weighted by Crippen LogP contribution is -2.44. The fourth-order valence-electron chi connectivity index (χ4n) is 3.74. The molecule has 0 aliphatic carbocycles. The molecule has 2 aromatic carbocycles. The topological polar surface area (TPSA) is 182 Å². The van der Waals surface area contributed by atoms with Crippen molar-refractivity contribution >= 4 is 85.7 Å². The third-order valence-corrected chi connectivity index (χ3v) is 9.92. The van der Waals surface area contributed by atoms with Crippen LogP contribution in [-0.4, -0.2) is 81.2 Å². The van der Waals surface area contributed by atoms with Gasteiger partial charge >= 0.3 is 7.82 Å². The van der Waals surface area contributed by atoms with E-state index in [4.69, 9.17) is 55.5 Å². The van der Waals surface area contributed by atoms with Gasteiger partial charge < -0.3 is 15.5 Å². The van der Waals surface area contributed by atoms with Crippen LogP contribution in [0.2, 0.25) is 0 Å². The summed E-state index contributed by atoms with van der Waals surface area (Å²) in [7, 11) is -12.9. The summed E-state index contributed by atoms with van der Waals surface area (Å²) in [5.41, 5.74) is -0.249. The molecule has 1 unspecified atom stereocenters. The SMILES string of the molecule is CS(=O)(=O)c1ccc([C@@H](OP(=O)(O)O[C@@H](c2ccc(S(C)(=O)=O)cc2)[C@H](CF)NC(=O)C(Cl)Cl)[C@@H](CF)NC(=O)C(Cl)Cl)cc1. The van der Waals surface area contributed by atoms with E-state index in [-0.39, 0.29) is 20.9 Å². The van der Waals surface area contributed by atoms with E-state index in [1.165, 1.54) is 0 Å². The Hall–Kier alpha value is -1.59. The molecule has 252 valence electrons. The van der Waals surface area contributed by atoms with Gasteiger partial charge in [-0.1, -0.05) is 70.7 Å². The molecule has 0 spiro atoms. The van der Waals surface area contributed by atoms with Crippen molar-refractivity contribution < 1.29 is 53.7 Å². The summed E-state index contributed by atoms with van der Waals surface area (Å²) < 4.78 is 100. The summed E-state index contributed by atoms with van der Waals surface area (Å²) in [6, 6.07) is 5.27. The molecule has 0 radical (unpaired) electrons. The predicted octanol–water partition coefficient (Wildman–Crippen LogP) is 3.93. The maximum Gasteiger partial charge on any atom is 0.473 e. The first-order valence-corrected chi connectivity index (χ1v) is 19.3. The summed E-state index contributed by atoms with van der Waals surface area (Å²) in [6.45, 7) is -2.87. The number of hydrogen-bond donors (Lipinski definition) is 3. The zero-order valence-electron chi connectivity index (χ0n) is 23.2. The highest BCUT2D eigenvalue weighted by molar-refractivity contribution is 7.91. The zero-order chi connectivity index (χ0) is 34.3. The van der Waals surface area contributed by atoms with Gasteiger partial charge in [0.15, 0.2) is 29.3 Å². The number of hydrogen-bond acceptors (Lipinski definition) is 9. The van der Waals surface area contributed by atoms with Gasteiger partial charge in [-0.15, -0.1) is 0 Å². The van der Waals surface area contributed by atoms with Gasteiger partial charge in [0.1, 0.15) is 25.6 Å². The van der Waals surface area contributed by atoms with Crippen LogP contribution in [0.4, 0.5) is 8.78 Å². The highest BCUT2D eigenvalue weighted by Crippen LogP contribution is 2.53. The van der Waals surface area contributed by atoms with Crippen LogP contribution in [-0.2, 0) is 42.9 Å². The summed E-state index contributed by atoms with van der Waals surface area (Å²) in [5.74, 6) is -2.23. The normalized spacial score (nSPS) is 16.4. The average molecular weight is 778 g/mol. The number of halogens is 6. The molecule has 2 rings (SSSR count). The fraction of sp³-hybridized carbons (Fsp3) is 0.417. The molecule has 0 saturated carbocycles. The van der Waals surface area contributed by atoms with Crippen molar-refractivity contribution in [1.29, 1.82) is 0 Å². The second kappa shape index (κ2) is 16.5. The molecule has 0 aliphatic heterocycles. The van der Waals surface area contributed by atoms with Gasteiger partial charge in [-0.05, 0) is 35.4 Å². The molecule has 0 heterocycles. The molecule has 2 amide bonds. The molecule has 3 N–H and O–H groups in total. The lowest BCUT2D eigenvalue weighted by molar-refractivity contribution is -0.121. The van der Waals surface area contributed by atoms with E-state index in [9.17, 15) is 44.7 Å². The molecule has 21 heteroatoms. The molecule has 0 saturated heterocycles. The second-order valence-electron chi connectivity index (χ2n) is 9.34. The number of phosphoric acid groups is 1. The van der Waals surface area contributed by atoms with E-state index in [1.807, 2.05) is 0 Å². The summed E-state index contributed by atoms with van der Waals surface area (Å²) in [5, 5.41) is 4.20. The molecular weight excluding hydrogens is 751 g/mol. The first-order chi connectivity index (χ1) is 20.7. The molecule has 2 aromatic rings. The Morgan fingerprint density at radius 1 is 0.733 bits per heavy atom. The molecule has 0 aromatic heterocycles. The summed E-state index contributed by atoms with van der Waals surface area (Å²) in [6.07, 6.45) is -1.93. The van der Waals surface area contributed by atoms with Crippen molar-refractivity contribution in [1.82, 2.24) is 10.6 Å². The zero-order valence-corrected chi connectivity index (χ0v) is 28.7. The van der Waals surface area contributed by atoms with Gasteiger partial charge in [0.25, 0.3) is 11.8 Å². The van der Waals surface area contributed by atoms with Crippen molar-refractivity contribution in [2.24, 2.45) is 0 Å². The largest absolute Gasteiger partial charge is 0.473 e. The monoisotopic (exact) mass is 776 g/mol. The van der Waals surface area contributed by atoms with Crippen LogP contribution in [0, 0.1) is 0 Å². The number of alkyl halides is 6. The van der Waals surface area contributed by atoms with Crippen LogP contribution in [0.15, 0.2) is 58.3 Å². The van der Waals surface area contributed by atoms with Crippen molar-refractivity contribution in [3.05, 3.63) is 59.7 Å². The lowest BCUT2D eigenvalue weighted by atomic mass is 10.0. The van der Waals surface area contributed by atoms with Crippen molar-refractivity contribution in [2.75, 3.05) is 25.9 Å². The Balaban J connectivity index is 2.60. The third-order valence-electron chi connectivity index (χ3n) is 5.88. The first-order valence-electron chi connectivity index (χ1n) is 12.3. The minimum absolute atomic E-state index is 0.125. The quantitative estimate of drug-likeness (QED) is 0.167. The van der Waals surface area contributed by atoms with Gasteiger partial charge in [-0.2, -0.15) is 0 Å². The van der Waals surface area contributed by atoms with Gasteiger partial charge in [0, 0.05) is 12.5 Å². The maximum atomic E-state index is 14.3. The number of benzene rings is 2. The van der Waals surface area contributed by atoms with Crippen LogP contribution in [0.1, 0.15) is 23.3 Å². The van der Waals surface area contributed by atoms with Gasteiger partial charge in [-0.3, -0.25) is 18.6 Å². The molecule has 45 heavy (non-hydrogen) atoms. The number of carbonyl (C=O) groups is 2. The van der Waals surface area contributed by atoms with E-state index in [2.05, 4.69) is 10.6 Å². The Kier molecular flexibility index (Phi) is 14.5. The molecular formula is C24H27Cl4F2N2O10PS2. The van der Waals surface area contributed by atoms with Crippen LogP contribution >= 0.6 is 54.2 Å². The van der Waals surface area contributed by atoms with Crippen molar-refractivity contribution in [3.63, 3.8) is 0 Å². The average Bonchev–Trinajstić information content (AvgIpc) is 2.95. The van der Waals surface area contributed by atoms with Gasteiger partial charge in [0.05, 0.1) is 21.9 Å². The first kappa shape index (κ1) is 39.6. The van der Waals surface area contributed by atoms with Crippen LogP contribution < -0.4 is 10.6 Å². The number of carbonyl (C=O) groups excluding carboxylic acids is 2. The minimum atomic E-state index is -5.50. The van der Waals surface area contributed by atoms with Crippen LogP contribution in [0.3, 0.4) is 0 Å². The Morgan fingerprint density at radius 2 is 1.02 bits per heavy atom. The van der Waals surface area contributed by atoms with E-state index in [0.717, 1.165) is 61.0 Å². The molecule has 0 bridgehead atoms. The lowest BCUT2D eigenvalue weighted by Gasteiger charge is -2.31. The van der Waals surface area contributed by atoms with Gasteiger partial charge in [-0.25, -0.2) is 30.2 Å². The van der Waals surface area contributed by atoms with Crippen LogP contribution in [0.5, 0.6) is 0 Å². The maximum absolute atomic E-state index is 14.3. The molecule has 5 atom stereocenters. The van der Waals surface area contributed by atoms with Crippen molar-refractivity contribution in [2.45, 2.75) is 43.8 Å². The molecule has 12 nitrogen and oxygen atoms in total. The number of amides is 2. The smallest absolute Gasteiger partial charge is 0.345 e. The van der Waals surface area contributed by atoms with E-state index < -0.39 is 86.6 Å². The number of nitrogens with one attached hydrogen (secondary N) is 2. The van der Waals surface area contributed by atoms with E-state index >= 15 is 0 Å².